The van der Waals surface area contributed by atoms with Crippen molar-refractivity contribution >= 4 is 50.9 Å². The Morgan fingerprint density at radius 2 is 1.84 bits per heavy atom. The topological polar surface area (TPSA) is 156 Å². The zero-order valence-corrected chi connectivity index (χ0v) is 33.4. The Labute approximate surface area is 330 Å². The van der Waals surface area contributed by atoms with E-state index in [1.54, 1.807) is 17.9 Å². The number of nitrogens with one attached hydrogen (secondary N) is 3. The lowest BCUT2D eigenvalue weighted by molar-refractivity contribution is -0.134. The van der Waals surface area contributed by atoms with Crippen LogP contribution in [0.4, 0.5) is 0 Å². The molecule has 1 saturated heterocycles. The molecule has 12 nitrogen and oxygen atoms in total. The SMILES string of the molecule is C=C[C@@H]1C[C@]1(NC(C)=C1C[C@@H]2CN1C(=O)[C@H](C(C)(C)C)NC(=O)c1sccc1C=CCOc1ccc3c(c1)C(=NO2)c1ccccc1-3)C(=O)NS(=O)(=O)C1CC1. The second kappa shape index (κ2) is 14.1. The summed E-state index contributed by atoms with van der Waals surface area (Å²) < 4.78 is 34.1. The Balaban J connectivity index is 1.20. The van der Waals surface area contributed by atoms with Crippen molar-refractivity contribution in [1.82, 2.24) is 20.3 Å². The van der Waals surface area contributed by atoms with Crippen molar-refractivity contribution in [2.45, 2.75) is 76.3 Å². The van der Waals surface area contributed by atoms with Gasteiger partial charge in [-0.05, 0) is 84.0 Å². The van der Waals surface area contributed by atoms with Crippen LogP contribution in [0.5, 0.6) is 5.75 Å². The average Bonchev–Trinajstić information content (AvgIpc) is 4.01. The molecular weight excluding hydrogens is 751 g/mol. The minimum atomic E-state index is -3.81. The quantitative estimate of drug-likeness (QED) is 0.210. The monoisotopic (exact) mass is 795 g/mol. The molecule has 0 spiro atoms. The molecule has 0 radical (unpaired) electrons. The summed E-state index contributed by atoms with van der Waals surface area (Å²) in [5, 5.41) is 12.4. The second-order valence-corrected chi connectivity index (χ2v) is 19.0. The number of allylic oxidation sites excluding steroid dienone is 1. The number of thiophene rings is 1. The number of ether oxygens (including phenoxy) is 1. The highest BCUT2D eigenvalue weighted by Gasteiger charge is 2.60. The lowest BCUT2D eigenvalue weighted by Crippen LogP contribution is -2.54. The van der Waals surface area contributed by atoms with Gasteiger partial charge in [-0.25, -0.2) is 8.42 Å². The summed E-state index contributed by atoms with van der Waals surface area (Å²) >= 11 is 1.29. The number of hydrogen-bond donors (Lipinski definition) is 3. The Hall–Kier alpha value is -5.21. The lowest BCUT2D eigenvalue weighted by atomic mass is 9.85. The van der Waals surface area contributed by atoms with Crippen LogP contribution in [0.1, 0.15) is 79.7 Å². The van der Waals surface area contributed by atoms with Crippen molar-refractivity contribution in [2.75, 3.05) is 13.2 Å². The van der Waals surface area contributed by atoms with Crippen LogP contribution in [0.2, 0.25) is 0 Å². The van der Waals surface area contributed by atoms with Crippen molar-refractivity contribution in [3.63, 3.8) is 0 Å². The van der Waals surface area contributed by atoms with Crippen LogP contribution in [0.3, 0.4) is 0 Å². The molecule has 3 N–H and O–H groups in total. The van der Waals surface area contributed by atoms with Crippen molar-refractivity contribution in [3.8, 4) is 16.9 Å². The standard InChI is InChI=1S/C42H45N5O7S2/c1-6-26-22-42(26,40(50)46-56(51,52)29-14-15-29)44-24(2)34-21-28-23-47(34)39(49)37(41(3,4)5)43-38(48)36-25(17-19-55-36)10-9-18-53-27-13-16-31-30-11-7-8-12-32(30)35(45-54-28)33(31)20-27/h6-13,16-17,19-20,26,28-29,37,44H,1,14-15,18,21-23H2,2-5H3,(H,43,48)(H,46,50)/t26-,28-,37-,42-/m1/s1. The maximum Gasteiger partial charge on any atom is 0.262 e. The van der Waals surface area contributed by atoms with E-state index in [0.29, 0.717) is 52.6 Å². The van der Waals surface area contributed by atoms with Gasteiger partial charge in [0.25, 0.3) is 11.8 Å². The van der Waals surface area contributed by atoms with Gasteiger partial charge in [0.05, 0.1) is 16.7 Å². The number of oxime groups is 1. The molecule has 2 saturated carbocycles. The minimum Gasteiger partial charge on any atom is -0.490 e. The first-order chi connectivity index (χ1) is 26.7. The molecule has 0 unspecified atom stereocenters. The number of sulfonamides is 1. The van der Waals surface area contributed by atoms with Crippen molar-refractivity contribution < 1.29 is 32.4 Å². The van der Waals surface area contributed by atoms with E-state index in [-0.39, 0.29) is 37.3 Å². The summed E-state index contributed by atoms with van der Waals surface area (Å²) in [4.78, 5) is 50.9. The van der Waals surface area contributed by atoms with E-state index >= 15 is 0 Å². The molecule has 3 aliphatic carbocycles. The van der Waals surface area contributed by atoms with E-state index in [4.69, 9.17) is 14.7 Å². The normalized spacial score (nSPS) is 25.5. The fourth-order valence-electron chi connectivity index (χ4n) is 7.77. The molecule has 2 aromatic carbocycles. The van der Waals surface area contributed by atoms with Gasteiger partial charge in [-0.2, -0.15) is 0 Å². The van der Waals surface area contributed by atoms with Gasteiger partial charge in [-0.3, -0.25) is 19.1 Å². The Kier molecular flexibility index (Phi) is 9.47. The Morgan fingerprint density at radius 1 is 1.09 bits per heavy atom. The summed E-state index contributed by atoms with van der Waals surface area (Å²) in [6.07, 6.45) is 6.33. The maximum absolute atomic E-state index is 14.9. The molecule has 2 aliphatic heterocycles. The molecule has 1 aromatic heterocycles. The zero-order chi connectivity index (χ0) is 39.6. The number of carbonyl (C=O) groups excluding carboxylic acids is 3. The van der Waals surface area contributed by atoms with E-state index in [1.807, 2.05) is 86.8 Å². The van der Waals surface area contributed by atoms with Gasteiger partial charge < -0.3 is 25.1 Å². The highest BCUT2D eigenvalue weighted by molar-refractivity contribution is 7.91. The zero-order valence-electron chi connectivity index (χ0n) is 31.8. The molecule has 14 heteroatoms. The number of nitrogens with zero attached hydrogens (tertiary/aromatic N) is 2. The van der Waals surface area contributed by atoms with Crippen LogP contribution in [0, 0.1) is 11.3 Å². The van der Waals surface area contributed by atoms with Gasteiger partial charge in [0.1, 0.15) is 29.6 Å². The molecular formula is C42H45N5O7S2. The highest BCUT2D eigenvalue weighted by atomic mass is 32.2. The molecule has 3 fully saturated rings. The van der Waals surface area contributed by atoms with E-state index in [1.165, 1.54) is 11.3 Å². The fourth-order valence-corrected chi connectivity index (χ4v) is 9.92. The van der Waals surface area contributed by atoms with Crippen LogP contribution in [0.25, 0.3) is 17.2 Å². The third kappa shape index (κ3) is 6.93. The van der Waals surface area contributed by atoms with E-state index in [2.05, 4.69) is 21.9 Å². The number of rotatable bonds is 6. The van der Waals surface area contributed by atoms with Gasteiger partial charge in [0.2, 0.25) is 15.9 Å². The van der Waals surface area contributed by atoms with Crippen LogP contribution < -0.4 is 20.1 Å². The molecule has 4 bridgehead atoms. The predicted octanol–water partition coefficient (Wildman–Crippen LogP) is 5.72. The highest BCUT2D eigenvalue weighted by Crippen LogP contribution is 2.47. The number of hydrogen-bond acceptors (Lipinski definition) is 10. The molecule has 3 amide bonds. The maximum atomic E-state index is 14.9. The number of fused-ring (bicyclic) bond motifs is 7. The van der Waals surface area contributed by atoms with Crippen LogP contribution in [0.15, 0.2) is 89.2 Å². The second-order valence-electron chi connectivity index (χ2n) is 16.2. The number of benzene rings is 2. The number of carbonyl (C=O) groups is 3. The predicted molar refractivity (Wildman–Crippen MR) is 215 cm³/mol. The Bertz CT molecular complexity index is 2350. The van der Waals surface area contributed by atoms with Crippen molar-refractivity contribution in [2.24, 2.45) is 16.5 Å². The Morgan fingerprint density at radius 3 is 2.55 bits per heavy atom. The summed E-state index contributed by atoms with van der Waals surface area (Å²) in [6.45, 7) is 11.7. The van der Waals surface area contributed by atoms with Crippen LogP contribution in [-0.4, -0.2) is 72.8 Å². The van der Waals surface area contributed by atoms with Gasteiger partial charge in [0.15, 0.2) is 6.10 Å². The molecule has 8 rings (SSSR count). The fraction of sp³-hybridized carbons (Fsp3) is 0.381. The first-order valence-corrected chi connectivity index (χ1v) is 21.3. The van der Waals surface area contributed by atoms with Gasteiger partial charge in [0, 0.05) is 34.9 Å². The largest absolute Gasteiger partial charge is 0.490 e. The van der Waals surface area contributed by atoms with E-state index < -0.39 is 44.3 Å². The van der Waals surface area contributed by atoms with Crippen molar-refractivity contribution in [1.29, 1.82) is 0 Å². The van der Waals surface area contributed by atoms with Crippen molar-refractivity contribution in [3.05, 3.63) is 106 Å². The molecule has 5 aliphatic rings. The third-order valence-electron chi connectivity index (χ3n) is 11.1. The molecule has 3 aromatic rings. The first-order valence-electron chi connectivity index (χ1n) is 18.8. The van der Waals surface area contributed by atoms with Gasteiger partial charge in [-0.15, -0.1) is 17.9 Å². The summed E-state index contributed by atoms with van der Waals surface area (Å²) in [5.74, 6) is -1.08. The summed E-state index contributed by atoms with van der Waals surface area (Å²) in [6, 6.07) is 14.7. The average molecular weight is 796 g/mol. The third-order valence-corrected chi connectivity index (χ3v) is 13.8. The van der Waals surface area contributed by atoms with Crippen LogP contribution >= 0.6 is 11.3 Å². The molecule has 3 heterocycles. The lowest BCUT2D eigenvalue weighted by Gasteiger charge is -2.34. The smallest absolute Gasteiger partial charge is 0.262 e. The van der Waals surface area contributed by atoms with E-state index in [9.17, 15) is 22.8 Å². The molecule has 292 valence electrons. The van der Waals surface area contributed by atoms with Gasteiger partial charge in [-0.1, -0.05) is 62.3 Å². The minimum absolute atomic E-state index is 0.108. The molecule has 4 atom stereocenters. The van der Waals surface area contributed by atoms with Gasteiger partial charge >= 0.3 is 0 Å². The molecule has 56 heavy (non-hydrogen) atoms. The summed E-state index contributed by atoms with van der Waals surface area (Å²) in [7, 11) is -3.81. The first kappa shape index (κ1) is 37.7. The number of amides is 3. The summed E-state index contributed by atoms with van der Waals surface area (Å²) in [5.41, 5.74) is 4.19. The van der Waals surface area contributed by atoms with E-state index in [0.717, 1.165) is 22.3 Å². The van der Waals surface area contributed by atoms with Crippen LogP contribution in [-0.2, 0) is 24.4 Å².